The van der Waals surface area contributed by atoms with Crippen molar-refractivity contribution in [1.82, 2.24) is 0 Å². The van der Waals surface area contributed by atoms with E-state index < -0.39 is 17.8 Å². The van der Waals surface area contributed by atoms with E-state index in [1.54, 1.807) is 26.0 Å². The van der Waals surface area contributed by atoms with E-state index in [0.29, 0.717) is 22.8 Å². The zero-order valence-corrected chi connectivity index (χ0v) is 22.1. The van der Waals surface area contributed by atoms with E-state index >= 15 is 0 Å². The number of phosphoric ester groups is 1. The molecule has 0 fully saturated rings. The summed E-state index contributed by atoms with van der Waals surface area (Å²) in [6.07, 6.45) is 1.32. The summed E-state index contributed by atoms with van der Waals surface area (Å²) in [7, 11) is -2.30. The van der Waals surface area contributed by atoms with E-state index in [4.69, 9.17) is 32.5 Å². The van der Waals surface area contributed by atoms with Gasteiger partial charge in [-0.15, -0.1) is 0 Å². The molecule has 0 aliphatic heterocycles. The van der Waals surface area contributed by atoms with Gasteiger partial charge in [-0.05, 0) is 32.1 Å². The van der Waals surface area contributed by atoms with Crippen molar-refractivity contribution < 1.29 is 45.5 Å². The molecule has 0 heterocycles. The largest absolute Gasteiger partial charge is 0.530 e. The van der Waals surface area contributed by atoms with E-state index in [0.717, 1.165) is 5.41 Å². The van der Waals surface area contributed by atoms with Gasteiger partial charge in [0.25, 0.3) is 10.0 Å². The Bertz CT molecular complexity index is 1150. The lowest BCUT2D eigenvalue weighted by Gasteiger charge is -2.20. The van der Waals surface area contributed by atoms with Crippen LogP contribution in [-0.2, 0) is 23.6 Å². The Kier molecular flexibility index (Phi) is 10.3. The third kappa shape index (κ3) is 7.53. The van der Waals surface area contributed by atoms with Gasteiger partial charge in [-0.1, -0.05) is 6.07 Å². The van der Waals surface area contributed by atoms with Crippen molar-refractivity contribution in [3.8, 4) is 28.7 Å². The van der Waals surface area contributed by atoms with Gasteiger partial charge in [0.05, 0.1) is 58.3 Å². The molecule has 0 aliphatic rings. The van der Waals surface area contributed by atoms with E-state index in [-0.39, 0.29) is 30.4 Å². The highest BCUT2D eigenvalue weighted by Crippen LogP contribution is 2.52. The second kappa shape index (κ2) is 12.7. The zero-order valence-electron chi connectivity index (χ0n) is 20.4. The second-order valence-corrected chi connectivity index (χ2v) is 9.77. The summed E-state index contributed by atoms with van der Waals surface area (Å²) in [5, 5.41) is 0.943. The second-order valence-electron chi connectivity index (χ2n) is 6.61. The van der Waals surface area contributed by atoms with Crippen LogP contribution in [0.2, 0.25) is 0 Å². The maximum absolute atomic E-state index is 12.9. The molecule has 1 N–H and O–H groups in total. The fourth-order valence-corrected chi connectivity index (χ4v) is 4.99. The van der Waals surface area contributed by atoms with Crippen molar-refractivity contribution in [2.45, 2.75) is 13.8 Å². The Labute approximate surface area is 205 Å². The minimum absolute atomic E-state index is 0.0104. The molecule has 13 heteroatoms. The number of nitrogens with one attached hydrogen (secondary N) is 1. The molecule has 2 aromatic carbocycles. The van der Waals surface area contributed by atoms with Crippen LogP contribution in [0.4, 0.5) is 5.69 Å². The Morgan fingerprint density at radius 1 is 0.886 bits per heavy atom. The number of benzene rings is 2. The smallest absolute Gasteiger partial charge is 0.496 e. The van der Waals surface area contributed by atoms with Gasteiger partial charge < -0.3 is 23.5 Å². The van der Waals surface area contributed by atoms with Crippen LogP contribution in [-0.4, -0.2) is 50.1 Å². The lowest BCUT2D eigenvalue weighted by molar-refractivity contribution is 0.166. The fourth-order valence-electron chi connectivity index (χ4n) is 2.95. The van der Waals surface area contributed by atoms with Crippen molar-refractivity contribution in [3.63, 3.8) is 0 Å². The van der Waals surface area contributed by atoms with Crippen LogP contribution < -0.4 is 28.2 Å². The molecule has 194 valence electrons. The highest BCUT2D eigenvalue weighted by Gasteiger charge is 2.29. The molecule has 2 rings (SSSR count). The average Bonchev–Trinajstić information content (AvgIpc) is 2.82. The molecule has 11 nitrogen and oxygen atoms in total. The maximum Gasteiger partial charge on any atom is 0.530 e. The Balaban J connectivity index is 2.39. The summed E-state index contributed by atoms with van der Waals surface area (Å²) in [5.41, 5.74) is 0.433. The summed E-state index contributed by atoms with van der Waals surface area (Å²) < 4.78 is 77.8. The minimum atomic E-state index is -4.05. The number of hydrogen-bond acceptors (Lipinski definition) is 10. The summed E-state index contributed by atoms with van der Waals surface area (Å²) >= 11 is 0. The fraction of sp³-hybridized carbons (Fsp3) is 0.364. The van der Waals surface area contributed by atoms with Gasteiger partial charge in [0.2, 0.25) is 0 Å². The third-order valence-electron chi connectivity index (χ3n) is 4.39. The van der Waals surface area contributed by atoms with Crippen LogP contribution >= 0.6 is 7.82 Å². The molecule has 35 heavy (non-hydrogen) atoms. The number of ether oxygens (including phenoxy) is 4. The predicted molar refractivity (Wildman–Crippen MR) is 132 cm³/mol. The SMILES string of the molecule is CCOP(=O)(OCC)Oc1cccc(NS(=O)(=O)C=Cc2c(OC)cc(OC)cc2OC)c1OC. The number of sulfonamides is 1. The van der Waals surface area contributed by atoms with Crippen LogP contribution in [0.25, 0.3) is 6.08 Å². The number of para-hydroxylation sites is 1. The van der Waals surface area contributed by atoms with E-state index in [9.17, 15) is 13.0 Å². The normalized spacial score (nSPS) is 11.8. The molecule has 0 atom stereocenters. The molecule has 0 unspecified atom stereocenters. The summed E-state index contributed by atoms with van der Waals surface area (Å²) in [6.45, 7) is 3.43. The van der Waals surface area contributed by atoms with Crippen molar-refractivity contribution in [3.05, 3.63) is 41.3 Å². The zero-order chi connectivity index (χ0) is 26.1. The van der Waals surface area contributed by atoms with Gasteiger partial charge in [-0.3, -0.25) is 13.8 Å². The quantitative estimate of drug-likeness (QED) is 0.343. The van der Waals surface area contributed by atoms with Crippen molar-refractivity contribution in [2.24, 2.45) is 0 Å². The molecular weight excluding hydrogens is 501 g/mol. The van der Waals surface area contributed by atoms with E-state index in [1.807, 2.05) is 0 Å². The molecule has 0 spiro atoms. The number of phosphoric acid groups is 1. The van der Waals surface area contributed by atoms with Gasteiger partial charge in [-0.2, -0.15) is 0 Å². The molecule has 0 aromatic heterocycles. The first-order chi connectivity index (χ1) is 16.7. The monoisotopic (exact) mass is 531 g/mol. The first-order valence-corrected chi connectivity index (χ1v) is 13.4. The Hall–Kier alpha value is -2.92. The van der Waals surface area contributed by atoms with Gasteiger partial charge in [-0.25, -0.2) is 13.0 Å². The number of anilines is 1. The summed E-state index contributed by atoms with van der Waals surface area (Å²) in [4.78, 5) is 0. The van der Waals surface area contributed by atoms with E-state index in [1.165, 1.54) is 52.7 Å². The van der Waals surface area contributed by atoms with E-state index in [2.05, 4.69) is 4.72 Å². The Morgan fingerprint density at radius 3 is 1.97 bits per heavy atom. The molecule has 0 amide bonds. The lowest BCUT2D eigenvalue weighted by Crippen LogP contribution is -2.11. The van der Waals surface area contributed by atoms with Crippen molar-refractivity contribution in [2.75, 3.05) is 46.4 Å². The minimum Gasteiger partial charge on any atom is -0.496 e. The highest BCUT2D eigenvalue weighted by atomic mass is 32.2. The van der Waals surface area contributed by atoms with Crippen molar-refractivity contribution >= 4 is 29.6 Å². The molecule has 0 aliphatic carbocycles. The van der Waals surface area contributed by atoms with Crippen molar-refractivity contribution in [1.29, 1.82) is 0 Å². The van der Waals surface area contributed by atoms with Gasteiger partial charge in [0.15, 0.2) is 11.5 Å². The van der Waals surface area contributed by atoms with Gasteiger partial charge >= 0.3 is 7.82 Å². The van der Waals surface area contributed by atoms with Gasteiger partial charge in [0.1, 0.15) is 17.2 Å². The lowest BCUT2D eigenvalue weighted by atomic mass is 10.1. The first-order valence-electron chi connectivity index (χ1n) is 10.4. The molecule has 0 saturated heterocycles. The number of methoxy groups -OCH3 is 4. The predicted octanol–water partition coefficient (Wildman–Crippen LogP) is 4.69. The van der Waals surface area contributed by atoms with Crippen LogP contribution in [0.5, 0.6) is 28.7 Å². The van der Waals surface area contributed by atoms with Crippen LogP contribution in [0.15, 0.2) is 35.7 Å². The topological polar surface area (TPSA) is 128 Å². The van der Waals surface area contributed by atoms with Crippen LogP contribution in [0.3, 0.4) is 0 Å². The summed E-state index contributed by atoms with van der Waals surface area (Å²) in [5.74, 6) is 1.14. The highest BCUT2D eigenvalue weighted by molar-refractivity contribution is 7.95. The molecule has 2 aromatic rings. The number of hydrogen-bond donors (Lipinski definition) is 1. The number of rotatable bonds is 14. The first kappa shape index (κ1) is 28.3. The summed E-state index contributed by atoms with van der Waals surface area (Å²) in [6, 6.07) is 7.60. The van der Waals surface area contributed by atoms with Gasteiger partial charge in [0, 0.05) is 12.1 Å². The average molecular weight is 532 g/mol. The molecule has 0 saturated carbocycles. The standard InChI is InChI=1S/C22H30NO10PS/c1-7-31-34(24,32-8-2)33-19-11-9-10-18(22(19)30-6)23-35(25,26)13-12-17-20(28-4)14-16(27-3)15-21(17)29-5/h9-15,23H,7-8H2,1-6H3. The molecule has 0 radical (unpaired) electrons. The molecular formula is C22H30NO10PS. The Morgan fingerprint density at radius 2 is 1.49 bits per heavy atom. The maximum atomic E-state index is 12.9. The third-order valence-corrected chi connectivity index (χ3v) is 6.95. The molecule has 0 bridgehead atoms. The van der Waals surface area contributed by atoms with Crippen LogP contribution in [0, 0.1) is 0 Å². The van der Waals surface area contributed by atoms with Crippen LogP contribution in [0.1, 0.15) is 19.4 Å².